The van der Waals surface area contributed by atoms with Gasteiger partial charge in [-0.15, -0.1) is 13.2 Å². The summed E-state index contributed by atoms with van der Waals surface area (Å²) in [5, 5.41) is 8.19. The molecule has 0 aliphatic heterocycles. The van der Waals surface area contributed by atoms with Crippen LogP contribution < -0.4 is 0 Å². The molecule has 0 aromatic rings. The van der Waals surface area contributed by atoms with E-state index in [0.29, 0.717) is 12.8 Å². The molecule has 0 aliphatic carbocycles. The molecule has 0 aromatic carbocycles. The molecule has 0 bridgehead atoms. The molecular formula is C7H11F3O3. The van der Waals surface area contributed by atoms with Crippen LogP contribution in [0.1, 0.15) is 25.7 Å². The number of aliphatic carboxylic acids is 1. The van der Waals surface area contributed by atoms with E-state index in [1.807, 2.05) is 0 Å². The number of carbonyl (C=O) groups is 1. The highest BCUT2D eigenvalue weighted by Crippen LogP contribution is 2.16. The van der Waals surface area contributed by atoms with E-state index >= 15 is 0 Å². The van der Waals surface area contributed by atoms with Gasteiger partial charge in [0.1, 0.15) is 0 Å². The molecule has 0 saturated carbocycles. The largest absolute Gasteiger partial charge is 0.522 e. The third kappa shape index (κ3) is 11.2. The molecule has 0 spiro atoms. The van der Waals surface area contributed by atoms with Gasteiger partial charge in [-0.05, 0) is 12.8 Å². The first-order valence-electron chi connectivity index (χ1n) is 3.84. The van der Waals surface area contributed by atoms with Crippen LogP contribution in [-0.4, -0.2) is 24.0 Å². The first-order chi connectivity index (χ1) is 5.92. The molecule has 1 N–H and O–H groups in total. The Labute approximate surface area is 73.5 Å². The predicted molar refractivity (Wildman–Crippen MR) is 38.1 cm³/mol. The first-order valence-corrected chi connectivity index (χ1v) is 3.84. The summed E-state index contributed by atoms with van der Waals surface area (Å²) in [4.78, 5) is 9.98. The Hall–Kier alpha value is -0.780. The van der Waals surface area contributed by atoms with Gasteiger partial charge in [-0.25, -0.2) is 0 Å². The number of ether oxygens (including phenoxy) is 1. The molecule has 0 amide bonds. The predicted octanol–water partition coefficient (Wildman–Crippen LogP) is 2.17. The Bertz CT molecular complexity index is 156. The molecule has 0 rings (SSSR count). The Morgan fingerprint density at radius 1 is 1.23 bits per heavy atom. The third-order valence-electron chi connectivity index (χ3n) is 1.30. The van der Waals surface area contributed by atoms with Crippen molar-refractivity contribution < 1.29 is 27.8 Å². The summed E-state index contributed by atoms with van der Waals surface area (Å²) < 4.78 is 37.6. The van der Waals surface area contributed by atoms with Crippen molar-refractivity contribution in [1.82, 2.24) is 0 Å². The Balaban J connectivity index is 3.13. The maximum absolute atomic E-state index is 11.4. The first kappa shape index (κ1) is 12.2. The van der Waals surface area contributed by atoms with Crippen molar-refractivity contribution in [2.24, 2.45) is 0 Å². The second kappa shape index (κ2) is 5.80. The van der Waals surface area contributed by atoms with Gasteiger partial charge in [0.25, 0.3) is 0 Å². The second-order valence-electron chi connectivity index (χ2n) is 2.50. The highest BCUT2D eigenvalue weighted by atomic mass is 19.4. The second-order valence-corrected chi connectivity index (χ2v) is 2.50. The van der Waals surface area contributed by atoms with Crippen LogP contribution in [0.3, 0.4) is 0 Å². The van der Waals surface area contributed by atoms with Crippen molar-refractivity contribution in [3.63, 3.8) is 0 Å². The van der Waals surface area contributed by atoms with Crippen molar-refractivity contribution >= 4 is 5.97 Å². The lowest BCUT2D eigenvalue weighted by Crippen LogP contribution is -2.14. The molecule has 0 unspecified atom stereocenters. The van der Waals surface area contributed by atoms with Gasteiger partial charge < -0.3 is 5.11 Å². The molecule has 0 atom stereocenters. The highest BCUT2D eigenvalue weighted by molar-refractivity contribution is 5.66. The summed E-state index contributed by atoms with van der Waals surface area (Å²) in [6.45, 7) is -0.400. The average Bonchev–Trinajstić information content (AvgIpc) is 1.93. The van der Waals surface area contributed by atoms with E-state index < -0.39 is 18.9 Å². The average molecular weight is 200 g/mol. The van der Waals surface area contributed by atoms with Crippen LogP contribution >= 0.6 is 0 Å². The zero-order valence-electron chi connectivity index (χ0n) is 6.93. The normalized spacial score (nSPS) is 11.6. The molecular weight excluding hydrogens is 189 g/mol. The van der Waals surface area contributed by atoms with Crippen molar-refractivity contribution in [2.45, 2.75) is 32.0 Å². The lowest BCUT2D eigenvalue weighted by atomic mass is 10.2. The fraction of sp³-hybridized carbons (Fsp3) is 0.857. The van der Waals surface area contributed by atoms with Gasteiger partial charge in [0.15, 0.2) is 0 Å². The maximum Gasteiger partial charge on any atom is 0.522 e. The summed E-state index contributed by atoms with van der Waals surface area (Å²) in [5.41, 5.74) is 0. The van der Waals surface area contributed by atoms with Crippen LogP contribution in [0.15, 0.2) is 0 Å². The number of halogens is 3. The van der Waals surface area contributed by atoms with E-state index in [-0.39, 0.29) is 12.8 Å². The van der Waals surface area contributed by atoms with E-state index in [1.165, 1.54) is 0 Å². The molecule has 0 radical (unpaired) electrons. The zero-order valence-corrected chi connectivity index (χ0v) is 6.93. The number of carboxylic acids is 1. The smallest absolute Gasteiger partial charge is 0.481 e. The number of unbranched alkanes of at least 4 members (excludes halogenated alkanes) is 2. The number of alkyl halides is 3. The molecule has 0 heterocycles. The fourth-order valence-electron chi connectivity index (χ4n) is 0.743. The Morgan fingerprint density at radius 3 is 2.31 bits per heavy atom. The Morgan fingerprint density at radius 2 is 1.85 bits per heavy atom. The minimum atomic E-state index is -4.58. The van der Waals surface area contributed by atoms with Crippen LogP contribution in [0.5, 0.6) is 0 Å². The van der Waals surface area contributed by atoms with Crippen LogP contribution in [0.25, 0.3) is 0 Å². The molecule has 0 aliphatic rings. The lowest BCUT2D eigenvalue weighted by Gasteiger charge is -2.05. The Kier molecular flexibility index (Phi) is 5.45. The van der Waals surface area contributed by atoms with Crippen LogP contribution in [0.2, 0.25) is 0 Å². The molecule has 3 nitrogen and oxygen atoms in total. The van der Waals surface area contributed by atoms with E-state index in [2.05, 4.69) is 4.74 Å². The molecule has 78 valence electrons. The van der Waals surface area contributed by atoms with Crippen molar-refractivity contribution in [1.29, 1.82) is 0 Å². The zero-order chi connectivity index (χ0) is 10.3. The van der Waals surface area contributed by atoms with Crippen molar-refractivity contribution in [3.05, 3.63) is 0 Å². The monoisotopic (exact) mass is 200 g/mol. The summed E-state index contributed by atoms with van der Waals surface area (Å²) in [6, 6.07) is 0. The van der Waals surface area contributed by atoms with E-state index in [0.717, 1.165) is 0 Å². The molecule has 0 aromatic heterocycles. The number of hydrogen-bond acceptors (Lipinski definition) is 2. The van der Waals surface area contributed by atoms with Crippen LogP contribution in [0.4, 0.5) is 13.2 Å². The highest BCUT2D eigenvalue weighted by Gasteiger charge is 2.28. The minimum absolute atomic E-state index is 0.00792. The maximum atomic E-state index is 11.4. The van der Waals surface area contributed by atoms with Gasteiger partial charge in [-0.2, -0.15) is 0 Å². The van der Waals surface area contributed by atoms with Gasteiger partial charge in [-0.1, -0.05) is 6.42 Å². The van der Waals surface area contributed by atoms with E-state index in [4.69, 9.17) is 5.11 Å². The van der Waals surface area contributed by atoms with Gasteiger partial charge in [0.2, 0.25) is 0 Å². The van der Waals surface area contributed by atoms with Crippen molar-refractivity contribution in [3.8, 4) is 0 Å². The summed E-state index contributed by atoms with van der Waals surface area (Å²) in [6.07, 6.45) is -3.54. The van der Waals surface area contributed by atoms with Gasteiger partial charge in [0, 0.05) is 6.42 Å². The third-order valence-corrected chi connectivity index (χ3v) is 1.30. The van der Waals surface area contributed by atoms with Crippen molar-refractivity contribution in [2.75, 3.05) is 6.61 Å². The quantitative estimate of drug-likeness (QED) is 0.668. The lowest BCUT2D eigenvalue weighted by molar-refractivity contribution is -0.324. The summed E-state index contributed by atoms with van der Waals surface area (Å²) in [5.74, 6) is -0.934. The number of hydrogen-bond donors (Lipinski definition) is 1. The number of carboxylic acid groups (broad SMARTS) is 1. The van der Waals surface area contributed by atoms with Crippen LogP contribution in [0, 0.1) is 0 Å². The minimum Gasteiger partial charge on any atom is -0.481 e. The van der Waals surface area contributed by atoms with Crippen LogP contribution in [-0.2, 0) is 9.53 Å². The molecule has 0 saturated heterocycles. The molecule has 13 heavy (non-hydrogen) atoms. The number of rotatable bonds is 6. The van der Waals surface area contributed by atoms with Gasteiger partial charge in [0.05, 0.1) is 6.61 Å². The molecule has 6 heteroatoms. The van der Waals surface area contributed by atoms with E-state index in [9.17, 15) is 18.0 Å². The van der Waals surface area contributed by atoms with E-state index in [1.54, 1.807) is 0 Å². The van der Waals surface area contributed by atoms with Gasteiger partial charge >= 0.3 is 12.3 Å². The standard InChI is InChI=1S/C7H11F3O3/c8-7(9,10)13-5-3-1-2-4-6(11)12/h1-5H2,(H,11,12). The summed E-state index contributed by atoms with van der Waals surface area (Å²) >= 11 is 0. The SMILES string of the molecule is O=C(O)CCCCCOC(F)(F)F. The fourth-order valence-corrected chi connectivity index (χ4v) is 0.743. The molecule has 0 fully saturated rings. The topological polar surface area (TPSA) is 46.5 Å². The van der Waals surface area contributed by atoms with Gasteiger partial charge in [-0.3, -0.25) is 9.53 Å². The summed E-state index contributed by atoms with van der Waals surface area (Å²) in [7, 11) is 0.